The molecule has 1 aliphatic carbocycles. The highest BCUT2D eigenvalue weighted by Crippen LogP contribution is 2.43. The van der Waals surface area contributed by atoms with Crippen molar-refractivity contribution in [1.29, 1.82) is 0 Å². The number of ether oxygens (including phenoxy) is 1. The predicted molar refractivity (Wildman–Crippen MR) is 102 cm³/mol. The van der Waals surface area contributed by atoms with E-state index < -0.39 is 0 Å². The number of amides is 2. The fourth-order valence-corrected chi connectivity index (χ4v) is 4.36. The Kier molecular flexibility index (Phi) is 4.58. The van der Waals surface area contributed by atoms with Crippen LogP contribution in [0.1, 0.15) is 58.2 Å². The van der Waals surface area contributed by atoms with Crippen LogP contribution in [0.3, 0.4) is 0 Å². The standard InChI is InChI=1S/C21H24N4O4/c26-19(15-3-7-22-8-4-15)23-9-5-16-6-10-28-21(16)12-25(13-21)20(27)17-11-18(29-24-17)14-1-2-14/h3-4,7-8,11,14,16H,1-2,5-6,9-10,12-13H2,(H,23,26). The summed E-state index contributed by atoms with van der Waals surface area (Å²) in [4.78, 5) is 30.6. The lowest BCUT2D eigenvalue weighted by Crippen LogP contribution is -2.66. The molecule has 2 aliphatic heterocycles. The maximum Gasteiger partial charge on any atom is 0.276 e. The molecule has 0 bridgehead atoms. The van der Waals surface area contributed by atoms with Gasteiger partial charge in [0.15, 0.2) is 5.69 Å². The molecule has 0 radical (unpaired) electrons. The Bertz CT molecular complexity index is 902. The number of carbonyl (C=O) groups excluding carboxylic acids is 2. The van der Waals surface area contributed by atoms with Gasteiger partial charge in [-0.15, -0.1) is 0 Å². The summed E-state index contributed by atoms with van der Waals surface area (Å²) >= 11 is 0. The van der Waals surface area contributed by atoms with Crippen molar-refractivity contribution in [3.63, 3.8) is 0 Å². The molecule has 2 saturated heterocycles. The maximum absolute atomic E-state index is 12.7. The summed E-state index contributed by atoms with van der Waals surface area (Å²) < 4.78 is 11.3. The lowest BCUT2D eigenvalue weighted by Gasteiger charge is -2.50. The first-order valence-corrected chi connectivity index (χ1v) is 10.2. The third kappa shape index (κ3) is 3.53. The molecular weight excluding hydrogens is 372 g/mol. The van der Waals surface area contributed by atoms with Crippen molar-refractivity contribution >= 4 is 11.8 Å². The lowest BCUT2D eigenvalue weighted by molar-refractivity contribution is -0.118. The normalized spacial score (nSPS) is 22.5. The molecule has 3 fully saturated rings. The SMILES string of the molecule is O=C(NCCC1CCOC12CN(C(=O)c1cc(C3CC3)on1)C2)c1ccncc1. The topological polar surface area (TPSA) is 97.6 Å². The molecule has 152 valence electrons. The van der Waals surface area contributed by atoms with E-state index >= 15 is 0 Å². The second-order valence-electron chi connectivity index (χ2n) is 8.23. The molecular formula is C21H24N4O4. The van der Waals surface area contributed by atoms with Gasteiger partial charge in [0.25, 0.3) is 11.8 Å². The quantitative estimate of drug-likeness (QED) is 0.802. The molecule has 0 aromatic carbocycles. The Morgan fingerprint density at radius 2 is 2.00 bits per heavy atom. The number of hydrogen-bond donors (Lipinski definition) is 1. The van der Waals surface area contributed by atoms with Gasteiger partial charge in [-0.3, -0.25) is 14.6 Å². The molecule has 2 aromatic heterocycles. The molecule has 8 nitrogen and oxygen atoms in total. The fraction of sp³-hybridized carbons (Fsp3) is 0.524. The van der Waals surface area contributed by atoms with E-state index in [-0.39, 0.29) is 17.4 Å². The van der Waals surface area contributed by atoms with Crippen LogP contribution in [-0.4, -0.2) is 58.7 Å². The summed E-state index contributed by atoms with van der Waals surface area (Å²) in [5.74, 6) is 1.40. The third-order valence-electron chi connectivity index (χ3n) is 6.25. The molecule has 1 atom stereocenters. The van der Waals surface area contributed by atoms with Crippen LogP contribution in [0.25, 0.3) is 0 Å². The van der Waals surface area contributed by atoms with Crippen molar-refractivity contribution in [2.24, 2.45) is 5.92 Å². The molecule has 1 spiro atoms. The van der Waals surface area contributed by atoms with E-state index in [0.29, 0.717) is 49.3 Å². The first-order chi connectivity index (χ1) is 14.1. The second-order valence-corrected chi connectivity index (χ2v) is 8.23. The van der Waals surface area contributed by atoms with E-state index in [4.69, 9.17) is 9.26 Å². The van der Waals surface area contributed by atoms with Crippen LogP contribution in [0.4, 0.5) is 0 Å². The van der Waals surface area contributed by atoms with Gasteiger partial charge in [0.05, 0.1) is 13.1 Å². The molecule has 2 amide bonds. The average Bonchev–Trinajstić information content (AvgIpc) is 3.29. The Labute approximate surface area is 168 Å². The lowest BCUT2D eigenvalue weighted by atomic mass is 9.78. The van der Waals surface area contributed by atoms with Crippen molar-refractivity contribution in [3.8, 4) is 0 Å². The molecule has 8 heteroatoms. The van der Waals surface area contributed by atoms with Crippen LogP contribution in [0.15, 0.2) is 35.1 Å². The van der Waals surface area contributed by atoms with Gasteiger partial charge in [-0.1, -0.05) is 5.16 Å². The van der Waals surface area contributed by atoms with Gasteiger partial charge in [0, 0.05) is 43.1 Å². The van der Waals surface area contributed by atoms with Gasteiger partial charge >= 0.3 is 0 Å². The van der Waals surface area contributed by atoms with Crippen LogP contribution in [0.5, 0.6) is 0 Å². The van der Waals surface area contributed by atoms with Crippen molar-refractivity contribution in [1.82, 2.24) is 20.4 Å². The number of likely N-dealkylation sites (tertiary alicyclic amines) is 1. The van der Waals surface area contributed by atoms with Crippen LogP contribution in [0.2, 0.25) is 0 Å². The second kappa shape index (κ2) is 7.26. The number of rotatable bonds is 6. The number of nitrogens with one attached hydrogen (secondary N) is 1. The molecule has 29 heavy (non-hydrogen) atoms. The van der Waals surface area contributed by atoms with Crippen molar-refractivity contribution in [2.45, 2.75) is 37.2 Å². The molecule has 1 saturated carbocycles. The maximum atomic E-state index is 12.7. The van der Waals surface area contributed by atoms with E-state index in [1.807, 2.05) is 0 Å². The van der Waals surface area contributed by atoms with Crippen molar-refractivity contribution < 1.29 is 18.8 Å². The van der Waals surface area contributed by atoms with E-state index in [1.165, 1.54) is 0 Å². The zero-order chi connectivity index (χ0) is 19.8. The summed E-state index contributed by atoms with van der Waals surface area (Å²) in [6.07, 6.45) is 7.22. The summed E-state index contributed by atoms with van der Waals surface area (Å²) in [6, 6.07) is 5.18. The van der Waals surface area contributed by atoms with Crippen LogP contribution >= 0.6 is 0 Å². The van der Waals surface area contributed by atoms with E-state index in [9.17, 15) is 9.59 Å². The molecule has 2 aromatic rings. The zero-order valence-corrected chi connectivity index (χ0v) is 16.2. The number of pyridine rings is 1. The summed E-state index contributed by atoms with van der Waals surface area (Å²) in [7, 11) is 0. The highest BCUT2D eigenvalue weighted by Gasteiger charge is 2.54. The number of aromatic nitrogens is 2. The summed E-state index contributed by atoms with van der Waals surface area (Å²) in [5.41, 5.74) is 0.706. The first-order valence-electron chi connectivity index (χ1n) is 10.2. The molecule has 5 rings (SSSR count). The van der Waals surface area contributed by atoms with Gasteiger partial charge in [-0.05, 0) is 43.7 Å². The van der Waals surface area contributed by atoms with Gasteiger partial charge in [0.1, 0.15) is 11.4 Å². The number of carbonyl (C=O) groups is 2. The van der Waals surface area contributed by atoms with E-state index in [2.05, 4.69) is 15.5 Å². The zero-order valence-electron chi connectivity index (χ0n) is 16.2. The summed E-state index contributed by atoms with van der Waals surface area (Å²) in [6.45, 7) is 2.42. The van der Waals surface area contributed by atoms with Gasteiger partial charge < -0.3 is 19.5 Å². The Balaban J connectivity index is 1.13. The molecule has 1 unspecified atom stereocenters. The third-order valence-corrected chi connectivity index (χ3v) is 6.25. The average molecular weight is 396 g/mol. The minimum absolute atomic E-state index is 0.0912. The monoisotopic (exact) mass is 396 g/mol. The molecule has 4 heterocycles. The Morgan fingerprint density at radius 3 is 2.76 bits per heavy atom. The molecule has 3 aliphatic rings. The van der Waals surface area contributed by atoms with Crippen LogP contribution in [-0.2, 0) is 4.74 Å². The number of hydrogen-bond acceptors (Lipinski definition) is 6. The van der Waals surface area contributed by atoms with Gasteiger partial charge in [0.2, 0.25) is 0 Å². The van der Waals surface area contributed by atoms with Crippen LogP contribution in [0, 0.1) is 5.92 Å². The predicted octanol–water partition coefficient (Wildman–Crippen LogP) is 2.00. The largest absolute Gasteiger partial charge is 0.371 e. The van der Waals surface area contributed by atoms with E-state index in [0.717, 1.165) is 31.4 Å². The Morgan fingerprint density at radius 1 is 1.21 bits per heavy atom. The number of nitrogens with zero attached hydrogens (tertiary/aromatic N) is 3. The summed E-state index contributed by atoms with van der Waals surface area (Å²) in [5, 5.41) is 6.92. The minimum Gasteiger partial charge on any atom is -0.371 e. The van der Waals surface area contributed by atoms with Crippen molar-refractivity contribution in [3.05, 3.63) is 47.6 Å². The highest BCUT2D eigenvalue weighted by atomic mass is 16.5. The fourth-order valence-electron chi connectivity index (χ4n) is 4.36. The van der Waals surface area contributed by atoms with Gasteiger partial charge in [-0.2, -0.15) is 0 Å². The minimum atomic E-state index is -0.292. The smallest absolute Gasteiger partial charge is 0.276 e. The molecule has 1 N–H and O–H groups in total. The Hall–Kier alpha value is -2.74. The highest BCUT2D eigenvalue weighted by molar-refractivity contribution is 5.94. The van der Waals surface area contributed by atoms with Crippen molar-refractivity contribution in [2.75, 3.05) is 26.2 Å². The van der Waals surface area contributed by atoms with Crippen LogP contribution < -0.4 is 5.32 Å². The first kappa shape index (κ1) is 18.3. The van der Waals surface area contributed by atoms with E-state index in [1.54, 1.807) is 35.5 Å². The van der Waals surface area contributed by atoms with Gasteiger partial charge in [-0.25, -0.2) is 0 Å².